The second kappa shape index (κ2) is 10.4. The van der Waals surface area contributed by atoms with Crippen molar-refractivity contribution in [3.05, 3.63) is 83.7 Å². The fourth-order valence-corrected chi connectivity index (χ4v) is 5.46. The van der Waals surface area contributed by atoms with E-state index in [1.165, 1.54) is 36.4 Å². The van der Waals surface area contributed by atoms with Crippen LogP contribution in [0.3, 0.4) is 0 Å². The van der Waals surface area contributed by atoms with Crippen molar-refractivity contribution in [2.45, 2.75) is 44.0 Å². The molecule has 0 bridgehead atoms. The van der Waals surface area contributed by atoms with Gasteiger partial charge in [0, 0.05) is 6.07 Å². The summed E-state index contributed by atoms with van der Waals surface area (Å²) in [5.41, 5.74) is 2.08. The molecule has 9 heteroatoms. The summed E-state index contributed by atoms with van der Waals surface area (Å²) < 4.78 is 53.3. The fraction of sp³-hybridized carbons (Fsp3) is 0.321. The Hall–Kier alpha value is -3.59. The Morgan fingerprint density at radius 3 is 2.32 bits per heavy atom. The lowest BCUT2D eigenvalue weighted by molar-refractivity contribution is -0.120. The number of sulfonamides is 1. The Bertz CT molecular complexity index is 1380. The van der Waals surface area contributed by atoms with Gasteiger partial charge in [0.1, 0.15) is 25.6 Å². The summed E-state index contributed by atoms with van der Waals surface area (Å²) in [5, 5.41) is 2.86. The number of rotatable bonds is 7. The normalized spacial score (nSPS) is 14.1. The quantitative estimate of drug-likeness (QED) is 0.470. The zero-order valence-electron chi connectivity index (χ0n) is 21.3. The fourth-order valence-electron chi connectivity index (χ4n) is 4.03. The molecular formula is C28H31FN2O5S. The first-order valence-electron chi connectivity index (χ1n) is 12.0. The van der Waals surface area contributed by atoms with Crippen molar-refractivity contribution >= 4 is 21.6 Å². The minimum absolute atomic E-state index is 0.00130. The van der Waals surface area contributed by atoms with Gasteiger partial charge in [-0.15, -0.1) is 0 Å². The van der Waals surface area contributed by atoms with Crippen LogP contribution in [0.2, 0.25) is 0 Å². The number of carbonyl (C=O) groups is 1. The predicted molar refractivity (Wildman–Crippen MR) is 140 cm³/mol. The van der Waals surface area contributed by atoms with Crippen molar-refractivity contribution in [1.82, 2.24) is 5.32 Å². The monoisotopic (exact) mass is 526 g/mol. The molecule has 1 aliphatic rings. The number of anilines is 1. The topological polar surface area (TPSA) is 84.9 Å². The lowest BCUT2D eigenvalue weighted by Gasteiger charge is -2.26. The van der Waals surface area contributed by atoms with E-state index in [-0.39, 0.29) is 22.0 Å². The summed E-state index contributed by atoms with van der Waals surface area (Å²) in [7, 11) is -4.25. The van der Waals surface area contributed by atoms with E-state index in [1.807, 2.05) is 31.2 Å². The van der Waals surface area contributed by atoms with Crippen LogP contribution in [0, 0.1) is 5.82 Å². The molecule has 3 aromatic carbocycles. The Kier molecular flexibility index (Phi) is 7.45. The van der Waals surface area contributed by atoms with Gasteiger partial charge >= 0.3 is 0 Å². The van der Waals surface area contributed by atoms with Crippen LogP contribution in [0.25, 0.3) is 0 Å². The van der Waals surface area contributed by atoms with E-state index in [1.54, 1.807) is 0 Å². The van der Waals surface area contributed by atoms with Crippen molar-refractivity contribution in [2.24, 2.45) is 0 Å². The number of benzene rings is 3. The van der Waals surface area contributed by atoms with Crippen LogP contribution in [0.1, 0.15) is 44.9 Å². The molecular weight excluding hydrogens is 495 g/mol. The highest BCUT2D eigenvalue weighted by molar-refractivity contribution is 7.92. The predicted octanol–water partition coefficient (Wildman–Crippen LogP) is 4.97. The largest absolute Gasteiger partial charge is 0.486 e. The Morgan fingerprint density at radius 2 is 1.68 bits per heavy atom. The third kappa shape index (κ3) is 6.05. The minimum atomic E-state index is -4.25. The molecule has 196 valence electrons. The van der Waals surface area contributed by atoms with Crippen molar-refractivity contribution in [3.8, 4) is 11.5 Å². The molecule has 1 atom stereocenters. The molecule has 0 aromatic heterocycles. The van der Waals surface area contributed by atoms with Crippen LogP contribution in [0.4, 0.5) is 10.1 Å². The lowest BCUT2D eigenvalue weighted by atomic mass is 9.86. The van der Waals surface area contributed by atoms with Gasteiger partial charge in [0.2, 0.25) is 5.91 Å². The Labute approximate surface area is 217 Å². The smallest absolute Gasteiger partial charge is 0.264 e. The summed E-state index contributed by atoms with van der Waals surface area (Å²) in [4.78, 5) is 13.0. The minimum Gasteiger partial charge on any atom is -0.486 e. The molecule has 0 radical (unpaired) electrons. The average Bonchev–Trinajstić information content (AvgIpc) is 2.86. The number of amides is 1. The summed E-state index contributed by atoms with van der Waals surface area (Å²) in [6.07, 6.45) is 0. The molecule has 1 heterocycles. The van der Waals surface area contributed by atoms with E-state index in [0.29, 0.717) is 24.7 Å². The van der Waals surface area contributed by atoms with Crippen LogP contribution in [0.5, 0.6) is 11.5 Å². The van der Waals surface area contributed by atoms with Gasteiger partial charge < -0.3 is 14.8 Å². The Balaban J connectivity index is 1.59. The van der Waals surface area contributed by atoms with E-state index in [9.17, 15) is 17.6 Å². The molecule has 0 saturated heterocycles. The molecule has 0 saturated carbocycles. The van der Waals surface area contributed by atoms with Crippen LogP contribution >= 0.6 is 0 Å². The number of fused-ring (bicyclic) bond motifs is 1. The van der Waals surface area contributed by atoms with E-state index in [0.717, 1.165) is 21.5 Å². The van der Waals surface area contributed by atoms with E-state index >= 15 is 0 Å². The Morgan fingerprint density at radius 1 is 1.00 bits per heavy atom. The highest BCUT2D eigenvalue weighted by atomic mass is 32.2. The first kappa shape index (κ1) is 26.5. The molecule has 1 N–H and O–H groups in total. The summed E-state index contributed by atoms with van der Waals surface area (Å²) >= 11 is 0. The van der Waals surface area contributed by atoms with E-state index in [2.05, 4.69) is 26.1 Å². The molecule has 3 aromatic rings. The number of carbonyl (C=O) groups excluding carboxylic acids is 1. The molecule has 0 aliphatic carbocycles. The third-order valence-electron chi connectivity index (χ3n) is 6.14. The SMILES string of the molecule is CC(NC(=O)CN(c1cccc(F)c1)S(=O)(=O)c1ccc2c(c1)OCCO2)c1ccc(C(C)(C)C)cc1. The van der Waals surface area contributed by atoms with Gasteiger partial charge in [0.15, 0.2) is 11.5 Å². The van der Waals surface area contributed by atoms with Crippen molar-refractivity contribution in [1.29, 1.82) is 0 Å². The zero-order valence-corrected chi connectivity index (χ0v) is 22.1. The van der Waals surface area contributed by atoms with Gasteiger partial charge in [0.25, 0.3) is 10.0 Å². The molecule has 7 nitrogen and oxygen atoms in total. The highest BCUT2D eigenvalue weighted by Crippen LogP contribution is 2.34. The summed E-state index contributed by atoms with van der Waals surface area (Å²) in [5.74, 6) is -0.416. The van der Waals surface area contributed by atoms with Crippen LogP contribution < -0.4 is 19.1 Å². The van der Waals surface area contributed by atoms with Gasteiger partial charge in [-0.05, 0) is 53.8 Å². The van der Waals surface area contributed by atoms with Gasteiger partial charge in [-0.1, -0.05) is 51.1 Å². The molecule has 1 unspecified atom stereocenters. The summed E-state index contributed by atoms with van der Waals surface area (Å²) in [6, 6.07) is 16.9. The van der Waals surface area contributed by atoms with E-state index in [4.69, 9.17) is 9.47 Å². The maximum Gasteiger partial charge on any atom is 0.264 e. The highest BCUT2D eigenvalue weighted by Gasteiger charge is 2.29. The number of hydrogen-bond donors (Lipinski definition) is 1. The molecule has 37 heavy (non-hydrogen) atoms. The van der Waals surface area contributed by atoms with Gasteiger partial charge in [-0.25, -0.2) is 12.8 Å². The van der Waals surface area contributed by atoms with Crippen LogP contribution in [-0.2, 0) is 20.2 Å². The number of halogens is 1. The molecule has 0 fully saturated rings. The number of nitrogens with one attached hydrogen (secondary N) is 1. The lowest BCUT2D eigenvalue weighted by Crippen LogP contribution is -2.41. The molecule has 1 aliphatic heterocycles. The first-order valence-corrected chi connectivity index (χ1v) is 13.5. The van der Waals surface area contributed by atoms with Crippen molar-refractivity contribution < 1.29 is 27.1 Å². The second-order valence-corrected chi connectivity index (χ2v) is 11.8. The standard InChI is InChI=1S/C28H31FN2O5S/c1-19(20-8-10-21(11-9-20)28(2,3)4)30-27(32)18-31(23-7-5-6-22(29)16-23)37(33,34)24-12-13-25-26(17-24)36-15-14-35-25/h5-13,16-17,19H,14-15,18H2,1-4H3,(H,30,32). The molecule has 1 amide bonds. The van der Waals surface area contributed by atoms with Crippen LogP contribution in [0.15, 0.2) is 71.6 Å². The molecule has 0 spiro atoms. The second-order valence-electron chi connectivity index (χ2n) is 9.96. The maximum atomic E-state index is 14.1. The zero-order chi connectivity index (χ0) is 26.8. The first-order chi connectivity index (χ1) is 17.4. The van der Waals surface area contributed by atoms with Crippen molar-refractivity contribution in [2.75, 3.05) is 24.1 Å². The number of nitrogens with zero attached hydrogens (tertiary/aromatic N) is 1. The van der Waals surface area contributed by atoms with E-state index < -0.39 is 28.3 Å². The van der Waals surface area contributed by atoms with Gasteiger partial charge in [-0.2, -0.15) is 0 Å². The average molecular weight is 527 g/mol. The number of hydrogen-bond acceptors (Lipinski definition) is 5. The number of ether oxygens (including phenoxy) is 2. The van der Waals surface area contributed by atoms with Gasteiger partial charge in [-0.3, -0.25) is 9.10 Å². The van der Waals surface area contributed by atoms with Gasteiger partial charge in [0.05, 0.1) is 16.6 Å². The maximum absolute atomic E-state index is 14.1. The van der Waals surface area contributed by atoms with Crippen LogP contribution in [-0.4, -0.2) is 34.1 Å². The third-order valence-corrected chi connectivity index (χ3v) is 7.91. The van der Waals surface area contributed by atoms with Crippen molar-refractivity contribution in [3.63, 3.8) is 0 Å². The summed E-state index contributed by atoms with van der Waals surface area (Å²) in [6.45, 7) is 8.31. The molecule has 4 rings (SSSR count).